The van der Waals surface area contributed by atoms with E-state index in [1.54, 1.807) is 0 Å². The highest BCUT2D eigenvalue weighted by molar-refractivity contribution is 6.05. The van der Waals surface area contributed by atoms with Crippen molar-refractivity contribution < 1.29 is 33.9 Å². The third-order valence-electron chi connectivity index (χ3n) is 8.69. The molecular formula is C32H29N3O7. The van der Waals surface area contributed by atoms with Gasteiger partial charge in [0.15, 0.2) is 0 Å². The molecule has 10 heteroatoms. The number of allylic oxidation sites excluding steroid dienone is 1. The maximum Gasteiger partial charge on any atom is 0.363 e. The van der Waals surface area contributed by atoms with Crippen molar-refractivity contribution in [3.8, 4) is 5.75 Å². The number of likely N-dealkylation sites (tertiary alicyclic amines) is 1. The summed E-state index contributed by atoms with van der Waals surface area (Å²) in [4.78, 5) is 59.4. The van der Waals surface area contributed by atoms with Gasteiger partial charge in [-0.05, 0) is 61.7 Å². The molecule has 0 spiro atoms. The van der Waals surface area contributed by atoms with Crippen molar-refractivity contribution in [3.63, 3.8) is 0 Å². The van der Waals surface area contributed by atoms with Gasteiger partial charge >= 0.3 is 11.9 Å². The summed E-state index contributed by atoms with van der Waals surface area (Å²) in [5, 5.41) is 10.7. The highest BCUT2D eigenvalue weighted by atomic mass is 16.7. The highest BCUT2D eigenvalue weighted by Gasteiger charge is 2.38. The number of ether oxygens (including phenoxy) is 1. The lowest BCUT2D eigenvalue weighted by Crippen LogP contribution is -2.52. The first-order chi connectivity index (χ1) is 20.2. The first kappa shape index (κ1) is 26.2. The normalized spacial score (nSPS) is 23.0. The van der Waals surface area contributed by atoms with Crippen molar-refractivity contribution >= 4 is 35.0 Å². The Morgan fingerprint density at radius 1 is 0.952 bits per heavy atom. The number of hydrogen-bond acceptors (Lipinski definition) is 8. The Morgan fingerprint density at radius 3 is 2.33 bits per heavy atom. The number of hydroxylamine groups is 2. The smallest absolute Gasteiger partial charge is 0.363 e. The van der Waals surface area contributed by atoms with E-state index in [-0.39, 0.29) is 29.5 Å². The van der Waals surface area contributed by atoms with E-state index in [1.807, 2.05) is 24.3 Å². The Kier molecular flexibility index (Phi) is 6.05. The molecule has 2 aromatic carbocycles. The van der Waals surface area contributed by atoms with Gasteiger partial charge in [-0.1, -0.05) is 12.2 Å². The van der Waals surface area contributed by atoms with Crippen LogP contribution in [0.3, 0.4) is 0 Å². The van der Waals surface area contributed by atoms with E-state index in [4.69, 9.17) is 9.57 Å². The fraction of sp³-hybridized carbons (Fsp3) is 0.312. The van der Waals surface area contributed by atoms with Gasteiger partial charge in [-0.25, -0.2) is 9.59 Å². The SMILES string of the molecule is CC1(N2CCC2)C=CC2=C(c3cc(C(=O)ON4C(=O)CCC4=O)ccc3C(=O)O)c3ccc(N4CCC4)cc3OC2=C1. The quantitative estimate of drug-likeness (QED) is 0.519. The summed E-state index contributed by atoms with van der Waals surface area (Å²) in [6.45, 7) is 5.99. The number of anilines is 1. The fourth-order valence-corrected chi connectivity index (χ4v) is 6.00. The highest BCUT2D eigenvalue weighted by Crippen LogP contribution is 2.47. The average molecular weight is 568 g/mol. The van der Waals surface area contributed by atoms with Crippen LogP contribution in [0, 0.1) is 0 Å². The lowest BCUT2D eigenvalue weighted by molar-refractivity contribution is -0.172. The lowest BCUT2D eigenvalue weighted by Gasteiger charge is -2.45. The van der Waals surface area contributed by atoms with Crippen molar-refractivity contribution in [2.24, 2.45) is 0 Å². The predicted molar refractivity (Wildman–Crippen MR) is 152 cm³/mol. The molecular weight excluding hydrogens is 538 g/mol. The maximum atomic E-state index is 13.1. The molecule has 0 saturated carbocycles. The largest absolute Gasteiger partial charge is 0.478 e. The number of carbonyl (C=O) groups excluding carboxylic acids is 3. The van der Waals surface area contributed by atoms with Gasteiger partial charge in [0.2, 0.25) is 0 Å². The molecule has 0 aromatic heterocycles. The first-order valence-electron chi connectivity index (χ1n) is 14.2. The Labute approximate surface area is 242 Å². The van der Waals surface area contributed by atoms with Crippen LogP contribution in [0.5, 0.6) is 5.75 Å². The number of nitrogens with zero attached hydrogens (tertiary/aromatic N) is 3. The molecule has 10 nitrogen and oxygen atoms in total. The molecule has 0 radical (unpaired) electrons. The number of carboxylic acid groups (broad SMARTS) is 1. The third-order valence-corrected chi connectivity index (χ3v) is 8.69. The van der Waals surface area contributed by atoms with Crippen molar-refractivity contribution in [1.29, 1.82) is 0 Å². The van der Waals surface area contributed by atoms with Gasteiger partial charge < -0.3 is 19.6 Å². The van der Waals surface area contributed by atoms with E-state index in [0.717, 1.165) is 44.7 Å². The Bertz CT molecular complexity index is 1650. The van der Waals surface area contributed by atoms with Crippen LogP contribution in [0.4, 0.5) is 5.69 Å². The topological polar surface area (TPSA) is 117 Å². The van der Waals surface area contributed by atoms with Crippen molar-refractivity contribution in [1.82, 2.24) is 9.96 Å². The fourth-order valence-electron chi connectivity index (χ4n) is 6.00. The lowest BCUT2D eigenvalue weighted by atomic mass is 9.81. The standard InChI is InChI=1S/C32H29N3O7/c1-32(34-14-3-15-34)11-10-23-26(18-32)41-25-17-20(33-12-2-13-33)5-7-22(25)29(23)24-16-19(4-6-21(24)30(38)39)31(40)42-35-27(36)8-9-28(35)37/h4-7,10-11,16-18H,2-3,8-9,12-15H2,1H3,(H,38,39). The van der Waals surface area contributed by atoms with E-state index in [9.17, 15) is 24.3 Å². The molecule has 42 heavy (non-hydrogen) atoms. The van der Waals surface area contributed by atoms with Gasteiger partial charge in [-0.15, -0.1) is 5.06 Å². The minimum Gasteiger partial charge on any atom is -0.478 e. The van der Waals surface area contributed by atoms with Crippen molar-refractivity contribution in [2.45, 2.75) is 38.1 Å². The molecule has 1 N–H and O–H groups in total. The number of rotatable bonds is 6. The van der Waals surface area contributed by atoms with E-state index in [1.165, 1.54) is 18.2 Å². The second-order valence-corrected chi connectivity index (χ2v) is 11.3. The first-order valence-corrected chi connectivity index (χ1v) is 14.2. The van der Waals surface area contributed by atoms with E-state index in [2.05, 4.69) is 28.9 Å². The summed E-state index contributed by atoms with van der Waals surface area (Å²) in [5.41, 5.74) is 2.98. The number of aromatic carboxylic acids is 1. The minimum absolute atomic E-state index is 0.00845. The monoisotopic (exact) mass is 567 g/mol. The summed E-state index contributed by atoms with van der Waals surface area (Å²) in [6.07, 6.45) is 8.33. The summed E-state index contributed by atoms with van der Waals surface area (Å²) in [5.74, 6) is -2.06. The van der Waals surface area contributed by atoms with Gasteiger partial charge in [0, 0.05) is 67.5 Å². The molecule has 3 fully saturated rings. The van der Waals surface area contributed by atoms with E-state index in [0.29, 0.717) is 38.8 Å². The number of imide groups is 1. The van der Waals surface area contributed by atoms with Gasteiger partial charge in [0.05, 0.1) is 16.7 Å². The number of carboxylic acids is 1. The van der Waals surface area contributed by atoms with Crippen LogP contribution < -0.4 is 9.64 Å². The number of carbonyl (C=O) groups is 4. The third kappa shape index (κ3) is 4.21. The molecule has 3 saturated heterocycles. The molecule has 5 aliphatic rings. The zero-order valence-electron chi connectivity index (χ0n) is 23.1. The molecule has 4 aliphatic heterocycles. The molecule has 214 valence electrons. The van der Waals surface area contributed by atoms with Crippen LogP contribution in [0.15, 0.2) is 66.0 Å². The summed E-state index contributed by atoms with van der Waals surface area (Å²) in [6, 6.07) is 10.0. The van der Waals surface area contributed by atoms with Crippen molar-refractivity contribution in [2.75, 3.05) is 31.1 Å². The molecule has 1 aliphatic carbocycles. The molecule has 1 atom stereocenters. The Balaban J connectivity index is 1.37. The Morgan fingerprint density at radius 2 is 1.69 bits per heavy atom. The second-order valence-electron chi connectivity index (χ2n) is 11.3. The number of benzene rings is 2. The van der Waals surface area contributed by atoms with Gasteiger partial charge in [-0.2, -0.15) is 0 Å². The number of hydrogen-bond donors (Lipinski definition) is 1. The second kappa shape index (κ2) is 9.70. The maximum absolute atomic E-state index is 13.1. The zero-order chi connectivity index (χ0) is 29.2. The molecule has 2 aromatic rings. The average Bonchev–Trinajstić information content (AvgIpc) is 3.21. The van der Waals surface area contributed by atoms with Crippen LogP contribution in [0.1, 0.15) is 64.4 Å². The van der Waals surface area contributed by atoms with Crippen LogP contribution in [0.2, 0.25) is 0 Å². The van der Waals surface area contributed by atoms with Crippen LogP contribution in [-0.4, -0.2) is 70.5 Å². The van der Waals surface area contributed by atoms with Crippen molar-refractivity contribution in [3.05, 3.63) is 88.2 Å². The number of fused-ring (bicyclic) bond motifs is 2. The number of amides is 2. The van der Waals surface area contributed by atoms with Crippen LogP contribution in [0.25, 0.3) is 5.57 Å². The van der Waals surface area contributed by atoms with Crippen LogP contribution >= 0.6 is 0 Å². The molecule has 1 unspecified atom stereocenters. The van der Waals surface area contributed by atoms with Crippen LogP contribution in [-0.2, 0) is 14.4 Å². The predicted octanol–water partition coefficient (Wildman–Crippen LogP) is 3.93. The zero-order valence-corrected chi connectivity index (χ0v) is 23.1. The molecule has 7 rings (SSSR count). The molecule has 4 heterocycles. The van der Waals surface area contributed by atoms with Gasteiger partial charge in [0.1, 0.15) is 11.5 Å². The Hall–Kier alpha value is -4.70. The molecule has 0 bridgehead atoms. The summed E-state index contributed by atoms with van der Waals surface area (Å²) < 4.78 is 6.53. The molecule has 2 amide bonds. The van der Waals surface area contributed by atoms with E-state index >= 15 is 0 Å². The van der Waals surface area contributed by atoms with E-state index < -0.39 is 23.8 Å². The van der Waals surface area contributed by atoms with Gasteiger partial charge in [0.25, 0.3) is 11.8 Å². The summed E-state index contributed by atoms with van der Waals surface area (Å²) >= 11 is 0. The summed E-state index contributed by atoms with van der Waals surface area (Å²) in [7, 11) is 0. The van der Waals surface area contributed by atoms with Gasteiger partial charge in [-0.3, -0.25) is 14.5 Å². The minimum atomic E-state index is -1.16.